The van der Waals surface area contributed by atoms with E-state index in [2.05, 4.69) is 5.32 Å². The Kier molecular flexibility index (Phi) is 5.17. The van der Waals surface area contributed by atoms with Crippen molar-refractivity contribution in [3.05, 3.63) is 63.9 Å². The number of nitrogens with one attached hydrogen (secondary N) is 1. The molecule has 0 radical (unpaired) electrons. The van der Waals surface area contributed by atoms with Crippen LogP contribution in [0.5, 0.6) is 0 Å². The Morgan fingerprint density at radius 3 is 2.33 bits per heavy atom. The molecule has 0 bridgehead atoms. The summed E-state index contributed by atoms with van der Waals surface area (Å²) in [7, 11) is 0. The maximum atomic E-state index is 13.3. The molecule has 2 aromatic rings. The van der Waals surface area contributed by atoms with Crippen molar-refractivity contribution in [2.24, 2.45) is 5.73 Å². The van der Waals surface area contributed by atoms with E-state index in [-0.39, 0.29) is 22.4 Å². The van der Waals surface area contributed by atoms with E-state index in [1.54, 1.807) is 0 Å². The van der Waals surface area contributed by atoms with Crippen LogP contribution in [0.25, 0.3) is 0 Å². The summed E-state index contributed by atoms with van der Waals surface area (Å²) in [5.41, 5.74) is 7.15. The number of carbonyl (C=O) groups is 1. The Morgan fingerprint density at radius 2 is 1.76 bits per heavy atom. The third-order valence-corrected chi connectivity index (χ3v) is 3.45. The number of anilines is 1. The molecule has 0 aliphatic rings. The first-order chi connectivity index (χ1) is 9.97. The van der Waals surface area contributed by atoms with Crippen molar-refractivity contribution in [2.75, 3.05) is 5.32 Å². The minimum Gasteiger partial charge on any atom is -0.326 e. The summed E-state index contributed by atoms with van der Waals surface area (Å²) in [4.78, 5) is 11.9. The van der Waals surface area contributed by atoms with Crippen molar-refractivity contribution < 1.29 is 9.18 Å². The predicted octanol–water partition coefficient (Wildman–Crippen LogP) is 4.16. The first kappa shape index (κ1) is 15.8. The fourth-order valence-corrected chi connectivity index (χ4v) is 2.34. The number of halogens is 3. The van der Waals surface area contributed by atoms with Gasteiger partial charge in [0.25, 0.3) is 0 Å². The van der Waals surface area contributed by atoms with Gasteiger partial charge in [-0.1, -0.05) is 53.5 Å². The molecule has 3 N–H and O–H groups in total. The summed E-state index contributed by atoms with van der Waals surface area (Å²) < 4.78 is 13.3. The molecule has 0 aromatic heterocycles. The molecule has 2 rings (SSSR count). The molecule has 6 heteroatoms. The highest BCUT2D eigenvalue weighted by Crippen LogP contribution is 2.27. The van der Waals surface area contributed by atoms with E-state index in [0.717, 1.165) is 5.56 Å². The van der Waals surface area contributed by atoms with Crippen LogP contribution in [-0.4, -0.2) is 5.91 Å². The van der Waals surface area contributed by atoms with Gasteiger partial charge >= 0.3 is 0 Å². The zero-order valence-electron chi connectivity index (χ0n) is 10.9. The van der Waals surface area contributed by atoms with Gasteiger partial charge in [-0.2, -0.15) is 0 Å². The Morgan fingerprint density at radius 1 is 1.19 bits per heavy atom. The molecule has 0 spiro atoms. The lowest BCUT2D eigenvalue weighted by Crippen LogP contribution is -2.20. The average molecular weight is 327 g/mol. The van der Waals surface area contributed by atoms with E-state index >= 15 is 0 Å². The maximum absolute atomic E-state index is 13.3. The van der Waals surface area contributed by atoms with Crippen molar-refractivity contribution in [3.63, 3.8) is 0 Å². The number of hydrogen-bond acceptors (Lipinski definition) is 2. The van der Waals surface area contributed by atoms with Crippen molar-refractivity contribution in [1.29, 1.82) is 0 Å². The van der Waals surface area contributed by atoms with Crippen LogP contribution in [0, 0.1) is 5.82 Å². The van der Waals surface area contributed by atoms with Gasteiger partial charge in [-0.05, 0) is 17.7 Å². The third kappa shape index (κ3) is 4.17. The average Bonchev–Trinajstić information content (AvgIpc) is 2.45. The molecule has 1 atom stereocenters. The van der Waals surface area contributed by atoms with Crippen molar-refractivity contribution in [3.8, 4) is 0 Å². The molecule has 0 aliphatic heterocycles. The molecule has 0 saturated carbocycles. The second-order valence-electron chi connectivity index (χ2n) is 4.52. The summed E-state index contributed by atoms with van der Waals surface area (Å²) in [6, 6.07) is 11.5. The Hall–Kier alpha value is -1.62. The van der Waals surface area contributed by atoms with Crippen LogP contribution in [-0.2, 0) is 4.79 Å². The minimum absolute atomic E-state index is 0.0939. The summed E-state index contributed by atoms with van der Waals surface area (Å²) in [5.74, 6) is -1.01. The second-order valence-corrected chi connectivity index (χ2v) is 5.34. The first-order valence-electron chi connectivity index (χ1n) is 6.22. The summed E-state index contributed by atoms with van der Waals surface area (Å²) in [5, 5.41) is 2.30. The van der Waals surface area contributed by atoms with Gasteiger partial charge in [-0.3, -0.25) is 4.79 Å². The zero-order chi connectivity index (χ0) is 15.4. The fourth-order valence-electron chi connectivity index (χ4n) is 1.86. The van der Waals surface area contributed by atoms with E-state index in [9.17, 15) is 9.18 Å². The molecular weight excluding hydrogens is 314 g/mol. The monoisotopic (exact) mass is 326 g/mol. The van der Waals surface area contributed by atoms with Crippen LogP contribution in [0.3, 0.4) is 0 Å². The molecule has 0 aliphatic carbocycles. The number of hydrogen-bond donors (Lipinski definition) is 2. The SMILES string of the molecule is NC(CC(=O)Nc1cc(Cl)c(F)c(Cl)c1)c1ccccc1. The molecule has 110 valence electrons. The standard InChI is InChI=1S/C15H13Cl2FN2O/c16-11-6-10(7-12(17)15(11)18)20-14(21)8-13(19)9-4-2-1-3-5-9/h1-7,13H,8,19H2,(H,20,21). The van der Waals surface area contributed by atoms with Gasteiger partial charge in [0.1, 0.15) is 0 Å². The highest BCUT2D eigenvalue weighted by Gasteiger charge is 2.13. The molecule has 0 fully saturated rings. The van der Waals surface area contributed by atoms with Crippen LogP contribution in [0.4, 0.5) is 10.1 Å². The van der Waals surface area contributed by atoms with Crippen molar-refractivity contribution in [2.45, 2.75) is 12.5 Å². The molecule has 3 nitrogen and oxygen atoms in total. The van der Waals surface area contributed by atoms with E-state index in [0.29, 0.717) is 5.69 Å². The Balaban J connectivity index is 2.02. The van der Waals surface area contributed by atoms with Crippen molar-refractivity contribution >= 4 is 34.8 Å². The Bertz CT molecular complexity index is 626. The number of benzene rings is 2. The normalized spacial score (nSPS) is 12.0. The van der Waals surface area contributed by atoms with E-state index in [1.807, 2.05) is 30.3 Å². The molecule has 1 unspecified atom stereocenters. The van der Waals surface area contributed by atoms with Crippen LogP contribution >= 0.6 is 23.2 Å². The molecule has 2 aromatic carbocycles. The molecule has 0 heterocycles. The number of carbonyl (C=O) groups excluding carboxylic acids is 1. The van der Waals surface area contributed by atoms with Gasteiger partial charge in [-0.25, -0.2) is 4.39 Å². The third-order valence-electron chi connectivity index (χ3n) is 2.90. The van der Waals surface area contributed by atoms with E-state index in [4.69, 9.17) is 28.9 Å². The van der Waals surface area contributed by atoms with Gasteiger partial charge in [0.05, 0.1) is 10.0 Å². The zero-order valence-corrected chi connectivity index (χ0v) is 12.5. The van der Waals surface area contributed by atoms with Crippen LogP contribution in [0.1, 0.15) is 18.0 Å². The van der Waals surface area contributed by atoms with E-state index < -0.39 is 11.9 Å². The Labute approximate surface area is 131 Å². The van der Waals surface area contributed by atoms with Gasteiger partial charge in [-0.15, -0.1) is 0 Å². The first-order valence-corrected chi connectivity index (χ1v) is 6.98. The minimum atomic E-state index is -0.711. The number of amides is 1. The largest absolute Gasteiger partial charge is 0.326 e. The second kappa shape index (κ2) is 6.89. The molecule has 21 heavy (non-hydrogen) atoms. The topological polar surface area (TPSA) is 55.1 Å². The van der Waals surface area contributed by atoms with Gasteiger partial charge in [0.2, 0.25) is 5.91 Å². The van der Waals surface area contributed by atoms with Gasteiger partial charge in [0.15, 0.2) is 5.82 Å². The lowest BCUT2D eigenvalue weighted by atomic mass is 10.0. The summed E-state index contributed by atoms with van der Waals surface area (Å²) in [6.45, 7) is 0. The van der Waals surface area contributed by atoms with Crippen molar-refractivity contribution in [1.82, 2.24) is 0 Å². The maximum Gasteiger partial charge on any atom is 0.226 e. The van der Waals surface area contributed by atoms with Gasteiger partial charge in [0, 0.05) is 18.2 Å². The number of nitrogens with two attached hydrogens (primary N) is 1. The predicted molar refractivity (Wildman–Crippen MR) is 83.0 cm³/mol. The summed E-state index contributed by atoms with van der Waals surface area (Å²) >= 11 is 11.3. The highest BCUT2D eigenvalue weighted by atomic mass is 35.5. The molecular formula is C15H13Cl2FN2O. The highest BCUT2D eigenvalue weighted by molar-refractivity contribution is 6.35. The smallest absolute Gasteiger partial charge is 0.226 e. The summed E-state index contributed by atoms with van der Waals surface area (Å²) in [6.07, 6.45) is 0.0939. The van der Waals surface area contributed by atoms with Crippen LogP contribution < -0.4 is 11.1 Å². The van der Waals surface area contributed by atoms with Crippen LogP contribution in [0.2, 0.25) is 10.0 Å². The quantitative estimate of drug-likeness (QED) is 0.829. The molecule has 0 saturated heterocycles. The number of rotatable bonds is 4. The van der Waals surface area contributed by atoms with E-state index in [1.165, 1.54) is 12.1 Å². The fraction of sp³-hybridized carbons (Fsp3) is 0.133. The lowest BCUT2D eigenvalue weighted by Gasteiger charge is -2.12. The van der Waals surface area contributed by atoms with Gasteiger partial charge < -0.3 is 11.1 Å². The molecule has 1 amide bonds. The van der Waals surface area contributed by atoms with Crippen LogP contribution in [0.15, 0.2) is 42.5 Å². The lowest BCUT2D eigenvalue weighted by molar-refractivity contribution is -0.116.